The van der Waals surface area contributed by atoms with Crippen molar-refractivity contribution < 1.29 is 22.1 Å². The molecule has 0 saturated carbocycles. The van der Waals surface area contributed by atoms with Crippen molar-refractivity contribution >= 4 is 22.2 Å². The topological polar surface area (TPSA) is 69.7 Å². The van der Waals surface area contributed by atoms with Crippen LogP contribution in [0.15, 0.2) is 60.0 Å². The summed E-state index contributed by atoms with van der Waals surface area (Å²) < 4.78 is 33.5. The number of methoxy groups -OCH3 is 1. The Morgan fingerprint density at radius 1 is 1.00 bits per heavy atom. The first kappa shape index (κ1) is 15.8. The van der Waals surface area contributed by atoms with Crippen molar-refractivity contribution in [2.24, 2.45) is 0 Å². The van der Waals surface area contributed by atoms with E-state index in [4.69, 9.17) is 4.18 Å². The van der Waals surface area contributed by atoms with E-state index in [1.165, 1.54) is 25.3 Å². The van der Waals surface area contributed by atoms with Gasteiger partial charge in [-0.2, -0.15) is 8.42 Å². The van der Waals surface area contributed by atoms with Crippen molar-refractivity contribution in [3.8, 4) is 5.75 Å². The van der Waals surface area contributed by atoms with Gasteiger partial charge in [0.25, 0.3) is 0 Å². The lowest BCUT2D eigenvalue weighted by molar-refractivity contribution is 0.0599. The summed E-state index contributed by atoms with van der Waals surface area (Å²) in [6, 6.07) is 14.9. The Morgan fingerprint density at radius 3 is 2.32 bits per heavy atom. The molecule has 0 aliphatic heterocycles. The molecule has 0 N–H and O–H groups in total. The number of carbonyl (C=O) groups is 1. The van der Waals surface area contributed by atoms with Gasteiger partial charge in [-0.1, -0.05) is 42.5 Å². The highest BCUT2D eigenvalue weighted by atomic mass is 32.2. The Hall–Kier alpha value is -2.60. The number of carbonyl (C=O) groups excluding carboxylic acids is 1. The number of rotatable bonds is 5. The summed E-state index contributed by atoms with van der Waals surface area (Å²) in [5, 5.41) is 0.941. The van der Waals surface area contributed by atoms with Crippen LogP contribution < -0.4 is 4.18 Å². The molecule has 5 nitrogen and oxygen atoms in total. The lowest BCUT2D eigenvalue weighted by Crippen LogP contribution is -2.10. The van der Waals surface area contributed by atoms with E-state index >= 15 is 0 Å². The molecule has 0 fully saturated rings. The van der Waals surface area contributed by atoms with E-state index in [1.54, 1.807) is 36.4 Å². The maximum Gasteiger partial charge on any atom is 0.341 e. The van der Waals surface area contributed by atoms with Crippen LogP contribution in [0.5, 0.6) is 5.75 Å². The normalized spacial score (nSPS) is 11.3. The van der Waals surface area contributed by atoms with Crippen LogP contribution in [0.4, 0.5) is 0 Å². The second-order valence-corrected chi connectivity index (χ2v) is 5.70. The molecule has 0 aliphatic rings. The SMILES string of the molecule is COC(=O)c1ccccc1OS(=O)(=O)/C=C/c1ccccc1. The molecule has 0 unspecified atom stereocenters. The van der Waals surface area contributed by atoms with E-state index in [-0.39, 0.29) is 11.3 Å². The Morgan fingerprint density at radius 2 is 1.64 bits per heavy atom. The average Bonchev–Trinajstić information content (AvgIpc) is 2.53. The monoisotopic (exact) mass is 318 g/mol. The predicted molar refractivity (Wildman–Crippen MR) is 82.8 cm³/mol. The molecule has 22 heavy (non-hydrogen) atoms. The molecule has 0 bridgehead atoms. The number of hydrogen-bond acceptors (Lipinski definition) is 5. The van der Waals surface area contributed by atoms with Crippen molar-refractivity contribution in [1.29, 1.82) is 0 Å². The van der Waals surface area contributed by atoms with Crippen molar-refractivity contribution in [1.82, 2.24) is 0 Å². The molecule has 114 valence electrons. The second-order valence-electron chi connectivity index (χ2n) is 4.28. The largest absolute Gasteiger partial charge is 0.465 e. The van der Waals surface area contributed by atoms with Crippen LogP contribution in [0.3, 0.4) is 0 Å². The van der Waals surface area contributed by atoms with Crippen LogP contribution in [0, 0.1) is 0 Å². The van der Waals surface area contributed by atoms with Gasteiger partial charge in [-0.05, 0) is 23.8 Å². The summed E-state index contributed by atoms with van der Waals surface area (Å²) >= 11 is 0. The van der Waals surface area contributed by atoms with Crippen LogP contribution >= 0.6 is 0 Å². The van der Waals surface area contributed by atoms with Gasteiger partial charge in [-0.15, -0.1) is 0 Å². The molecule has 2 rings (SSSR count). The molecule has 0 amide bonds. The Labute approximate surface area is 128 Å². The quantitative estimate of drug-likeness (QED) is 0.626. The molecule has 0 heterocycles. The lowest BCUT2D eigenvalue weighted by Gasteiger charge is -2.07. The van der Waals surface area contributed by atoms with Gasteiger partial charge >= 0.3 is 16.1 Å². The van der Waals surface area contributed by atoms with Crippen LogP contribution in [0.25, 0.3) is 6.08 Å². The summed E-state index contributed by atoms with van der Waals surface area (Å²) in [6.07, 6.45) is 1.41. The number of hydrogen-bond donors (Lipinski definition) is 0. The average molecular weight is 318 g/mol. The first-order valence-electron chi connectivity index (χ1n) is 6.37. The van der Waals surface area contributed by atoms with E-state index in [0.29, 0.717) is 0 Å². The third-order valence-electron chi connectivity index (χ3n) is 2.73. The summed E-state index contributed by atoms with van der Waals surface area (Å²) in [5.74, 6) is -0.745. The molecule has 2 aromatic carbocycles. The van der Waals surface area contributed by atoms with Crippen molar-refractivity contribution in [3.05, 3.63) is 71.1 Å². The third kappa shape index (κ3) is 4.20. The molecule has 6 heteroatoms. The fourth-order valence-corrected chi connectivity index (χ4v) is 2.47. The van der Waals surface area contributed by atoms with Crippen LogP contribution in [-0.4, -0.2) is 21.5 Å². The van der Waals surface area contributed by atoms with E-state index in [0.717, 1.165) is 11.0 Å². The van der Waals surface area contributed by atoms with Gasteiger partial charge in [0, 0.05) is 0 Å². The van der Waals surface area contributed by atoms with Crippen LogP contribution in [0.1, 0.15) is 15.9 Å². The second kappa shape index (κ2) is 6.91. The fraction of sp³-hybridized carbons (Fsp3) is 0.0625. The molecule has 2 aromatic rings. The van der Waals surface area contributed by atoms with E-state index in [1.807, 2.05) is 6.07 Å². The number of para-hydroxylation sites is 1. The van der Waals surface area contributed by atoms with Gasteiger partial charge < -0.3 is 8.92 Å². The van der Waals surface area contributed by atoms with Crippen molar-refractivity contribution in [2.45, 2.75) is 0 Å². The minimum absolute atomic E-state index is 0.0432. The van der Waals surface area contributed by atoms with E-state index < -0.39 is 16.1 Å². The maximum atomic E-state index is 12.0. The molecule has 0 aliphatic carbocycles. The summed E-state index contributed by atoms with van der Waals surface area (Å²) in [4.78, 5) is 11.6. The van der Waals surface area contributed by atoms with Crippen LogP contribution in [-0.2, 0) is 14.9 Å². The smallest absolute Gasteiger partial charge is 0.341 e. The minimum atomic E-state index is -3.99. The first-order valence-corrected chi connectivity index (χ1v) is 7.84. The predicted octanol–water partition coefficient (Wildman–Crippen LogP) is 2.85. The standard InChI is InChI=1S/C16H14O5S/c1-20-16(17)14-9-5-6-10-15(14)21-22(18,19)12-11-13-7-3-2-4-8-13/h2-12H,1H3/b12-11+. The first-order chi connectivity index (χ1) is 10.5. The van der Waals surface area contributed by atoms with Gasteiger partial charge in [0.15, 0.2) is 5.75 Å². The zero-order valence-electron chi connectivity index (χ0n) is 11.8. The van der Waals surface area contributed by atoms with Gasteiger partial charge in [0.2, 0.25) is 0 Å². The Bertz CT molecular complexity index is 779. The van der Waals surface area contributed by atoms with Crippen molar-refractivity contribution in [3.63, 3.8) is 0 Å². The molecule has 0 aromatic heterocycles. The molecule has 0 spiro atoms. The zero-order chi connectivity index (χ0) is 16.0. The number of ether oxygens (including phenoxy) is 1. The zero-order valence-corrected chi connectivity index (χ0v) is 12.6. The third-order valence-corrected chi connectivity index (χ3v) is 3.61. The van der Waals surface area contributed by atoms with Gasteiger partial charge in [0.1, 0.15) is 5.56 Å². The Balaban J connectivity index is 2.23. The highest BCUT2D eigenvalue weighted by Crippen LogP contribution is 2.21. The molecule has 0 radical (unpaired) electrons. The van der Waals surface area contributed by atoms with Crippen molar-refractivity contribution in [2.75, 3.05) is 7.11 Å². The number of benzene rings is 2. The Kier molecular flexibility index (Phi) is 4.95. The van der Waals surface area contributed by atoms with Gasteiger partial charge in [0.05, 0.1) is 12.5 Å². The number of esters is 1. The molecular weight excluding hydrogens is 304 g/mol. The highest BCUT2D eigenvalue weighted by Gasteiger charge is 2.17. The minimum Gasteiger partial charge on any atom is -0.465 e. The molecular formula is C16H14O5S. The van der Waals surface area contributed by atoms with Crippen LogP contribution in [0.2, 0.25) is 0 Å². The van der Waals surface area contributed by atoms with E-state index in [2.05, 4.69) is 4.74 Å². The summed E-state index contributed by atoms with van der Waals surface area (Å²) in [6.45, 7) is 0. The van der Waals surface area contributed by atoms with E-state index in [9.17, 15) is 13.2 Å². The van der Waals surface area contributed by atoms with Gasteiger partial charge in [-0.25, -0.2) is 4.79 Å². The fourth-order valence-electron chi connectivity index (χ4n) is 1.70. The summed E-state index contributed by atoms with van der Waals surface area (Å²) in [5.41, 5.74) is 0.762. The lowest BCUT2D eigenvalue weighted by atomic mass is 10.2. The molecule has 0 saturated heterocycles. The maximum absolute atomic E-state index is 12.0. The molecule has 0 atom stereocenters. The summed E-state index contributed by atoms with van der Waals surface area (Å²) in [7, 11) is -2.77. The highest BCUT2D eigenvalue weighted by molar-refractivity contribution is 7.90. The van der Waals surface area contributed by atoms with Gasteiger partial charge in [-0.3, -0.25) is 0 Å².